The number of hydrogen-bond donors (Lipinski definition) is 2. The lowest BCUT2D eigenvalue weighted by atomic mass is 10.1. The third kappa shape index (κ3) is 3.56. The average Bonchev–Trinajstić information content (AvgIpc) is 2.46. The van der Waals surface area contributed by atoms with E-state index in [9.17, 15) is 14.4 Å². The fourth-order valence-electron chi connectivity index (χ4n) is 1.78. The highest BCUT2D eigenvalue weighted by atomic mass is 16.2. The van der Waals surface area contributed by atoms with Gasteiger partial charge in [0.25, 0.3) is 11.8 Å². The van der Waals surface area contributed by atoms with E-state index in [2.05, 4.69) is 10.3 Å². The highest BCUT2D eigenvalue weighted by molar-refractivity contribution is 6.05. The van der Waals surface area contributed by atoms with Gasteiger partial charge in [0, 0.05) is 43.2 Å². The molecular weight excluding hydrogens is 270 g/mol. The summed E-state index contributed by atoms with van der Waals surface area (Å²) < 4.78 is 0. The van der Waals surface area contributed by atoms with Gasteiger partial charge in [-0.15, -0.1) is 0 Å². The van der Waals surface area contributed by atoms with Gasteiger partial charge in [-0.25, -0.2) is 0 Å². The number of carbonyl (C=O) groups excluding carboxylic acids is 2. The second-order valence-electron chi connectivity index (χ2n) is 4.68. The fourth-order valence-corrected chi connectivity index (χ4v) is 1.78. The third-order valence-electron chi connectivity index (χ3n) is 2.81. The number of pyridine rings is 1. The Morgan fingerprint density at radius 3 is 2.52 bits per heavy atom. The number of rotatable bonds is 3. The zero-order valence-electron chi connectivity index (χ0n) is 11.7. The Morgan fingerprint density at radius 2 is 1.86 bits per heavy atom. The third-order valence-corrected chi connectivity index (χ3v) is 2.81. The molecule has 0 atom stereocenters. The van der Waals surface area contributed by atoms with Crippen LogP contribution in [-0.2, 0) is 0 Å². The van der Waals surface area contributed by atoms with E-state index in [0.29, 0.717) is 11.3 Å². The van der Waals surface area contributed by atoms with E-state index < -0.39 is 5.91 Å². The fraction of sp³-hybridized carbons (Fsp3) is 0.133. The Bertz CT molecular complexity index is 735. The monoisotopic (exact) mass is 285 g/mol. The van der Waals surface area contributed by atoms with Crippen molar-refractivity contribution >= 4 is 17.5 Å². The van der Waals surface area contributed by atoms with Gasteiger partial charge in [-0.3, -0.25) is 14.4 Å². The second-order valence-corrected chi connectivity index (χ2v) is 4.68. The summed E-state index contributed by atoms with van der Waals surface area (Å²) in [7, 11) is 3.31. The Kier molecular flexibility index (Phi) is 4.18. The zero-order valence-corrected chi connectivity index (χ0v) is 11.7. The number of anilines is 1. The SMILES string of the molecule is CN(C)C(=O)c1cccc(NC(=O)c2cc[nH]c(=O)c2)c1. The first-order valence-corrected chi connectivity index (χ1v) is 6.29. The molecule has 6 heteroatoms. The molecule has 0 saturated heterocycles. The minimum Gasteiger partial charge on any atom is -0.345 e. The summed E-state index contributed by atoms with van der Waals surface area (Å²) in [6.07, 6.45) is 1.41. The maximum absolute atomic E-state index is 12.0. The van der Waals surface area contributed by atoms with Crippen LogP contribution >= 0.6 is 0 Å². The van der Waals surface area contributed by atoms with E-state index in [1.807, 2.05) is 0 Å². The maximum Gasteiger partial charge on any atom is 0.255 e. The summed E-state index contributed by atoms with van der Waals surface area (Å²) in [4.78, 5) is 39.0. The normalized spacial score (nSPS) is 10.0. The van der Waals surface area contributed by atoms with Gasteiger partial charge in [0.05, 0.1) is 0 Å². The van der Waals surface area contributed by atoms with Crippen LogP contribution in [0.25, 0.3) is 0 Å². The van der Waals surface area contributed by atoms with Crippen molar-refractivity contribution in [3.8, 4) is 0 Å². The Balaban J connectivity index is 2.20. The first-order valence-electron chi connectivity index (χ1n) is 6.29. The largest absolute Gasteiger partial charge is 0.345 e. The molecule has 0 radical (unpaired) electrons. The lowest BCUT2D eigenvalue weighted by Gasteiger charge is -2.11. The number of aromatic amines is 1. The quantitative estimate of drug-likeness (QED) is 0.892. The van der Waals surface area contributed by atoms with E-state index in [4.69, 9.17) is 0 Å². The molecule has 0 aliphatic rings. The maximum atomic E-state index is 12.0. The van der Waals surface area contributed by atoms with Crippen LogP contribution in [0, 0.1) is 0 Å². The van der Waals surface area contributed by atoms with Gasteiger partial charge in [-0.1, -0.05) is 6.07 Å². The molecule has 2 rings (SSSR count). The average molecular weight is 285 g/mol. The number of carbonyl (C=O) groups is 2. The molecular formula is C15H15N3O3. The number of nitrogens with one attached hydrogen (secondary N) is 2. The number of hydrogen-bond acceptors (Lipinski definition) is 3. The van der Waals surface area contributed by atoms with Crippen molar-refractivity contribution in [2.24, 2.45) is 0 Å². The molecule has 1 aromatic carbocycles. The lowest BCUT2D eigenvalue weighted by Crippen LogP contribution is -2.22. The van der Waals surface area contributed by atoms with Crippen molar-refractivity contribution in [1.82, 2.24) is 9.88 Å². The van der Waals surface area contributed by atoms with Gasteiger partial charge in [-0.2, -0.15) is 0 Å². The van der Waals surface area contributed by atoms with E-state index in [1.54, 1.807) is 38.4 Å². The molecule has 6 nitrogen and oxygen atoms in total. The van der Waals surface area contributed by atoms with E-state index in [1.165, 1.54) is 23.2 Å². The number of H-pyrrole nitrogens is 1. The minimum absolute atomic E-state index is 0.151. The molecule has 0 fully saturated rings. The van der Waals surface area contributed by atoms with E-state index in [-0.39, 0.29) is 17.0 Å². The van der Waals surface area contributed by atoms with Gasteiger partial charge in [0.1, 0.15) is 0 Å². The first kappa shape index (κ1) is 14.5. The predicted molar refractivity (Wildman–Crippen MR) is 79.5 cm³/mol. The number of benzene rings is 1. The standard InChI is InChI=1S/C15H15N3O3/c1-18(2)15(21)11-4-3-5-12(8-11)17-14(20)10-6-7-16-13(19)9-10/h3-9H,1-2H3,(H,16,19)(H,17,20). The van der Waals surface area contributed by atoms with Gasteiger partial charge >= 0.3 is 0 Å². The number of nitrogens with zero attached hydrogens (tertiary/aromatic N) is 1. The molecule has 0 unspecified atom stereocenters. The molecule has 2 aromatic rings. The summed E-state index contributed by atoms with van der Waals surface area (Å²) in [6.45, 7) is 0. The van der Waals surface area contributed by atoms with E-state index in [0.717, 1.165) is 0 Å². The van der Waals surface area contributed by atoms with Crippen LogP contribution in [0.1, 0.15) is 20.7 Å². The summed E-state index contributed by atoms with van der Waals surface area (Å²) in [5.41, 5.74) is 0.874. The molecule has 1 aromatic heterocycles. The van der Waals surface area contributed by atoms with E-state index >= 15 is 0 Å². The summed E-state index contributed by atoms with van der Waals surface area (Å²) in [5, 5.41) is 2.66. The molecule has 108 valence electrons. The molecule has 0 bridgehead atoms. The van der Waals surface area contributed by atoms with Crippen LogP contribution in [0.3, 0.4) is 0 Å². The first-order chi connectivity index (χ1) is 9.97. The molecule has 2 amide bonds. The van der Waals surface area contributed by atoms with Crippen LogP contribution in [0.4, 0.5) is 5.69 Å². The van der Waals surface area contributed by atoms with Crippen molar-refractivity contribution in [2.75, 3.05) is 19.4 Å². The predicted octanol–water partition coefficient (Wildman–Crippen LogP) is 1.33. The van der Waals surface area contributed by atoms with Crippen molar-refractivity contribution in [3.05, 3.63) is 64.1 Å². The Labute approximate surface area is 121 Å². The molecule has 2 N–H and O–H groups in total. The topological polar surface area (TPSA) is 82.3 Å². The minimum atomic E-state index is -0.407. The molecule has 0 aliphatic heterocycles. The van der Waals surface area contributed by atoms with Crippen LogP contribution in [0.5, 0.6) is 0 Å². The van der Waals surface area contributed by atoms with Crippen LogP contribution < -0.4 is 10.9 Å². The summed E-state index contributed by atoms with van der Waals surface area (Å²) >= 11 is 0. The van der Waals surface area contributed by atoms with Gasteiger partial charge < -0.3 is 15.2 Å². The number of aromatic nitrogens is 1. The molecule has 0 aliphatic carbocycles. The highest BCUT2D eigenvalue weighted by Gasteiger charge is 2.10. The smallest absolute Gasteiger partial charge is 0.255 e. The van der Waals surface area contributed by atoms with Crippen molar-refractivity contribution in [1.29, 1.82) is 0 Å². The Morgan fingerprint density at radius 1 is 1.10 bits per heavy atom. The summed E-state index contributed by atoms with van der Waals surface area (Å²) in [5.74, 6) is -0.558. The zero-order chi connectivity index (χ0) is 15.4. The highest BCUT2D eigenvalue weighted by Crippen LogP contribution is 2.13. The second kappa shape index (κ2) is 6.04. The van der Waals surface area contributed by atoms with Crippen molar-refractivity contribution < 1.29 is 9.59 Å². The van der Waals surface area contributed by atoms with Crippen LogP contribution in [0.2, 0.25) is 0 Å². The summed E-state index contributed by atoms with van der Waals surface area (Å²) in [6, 6.07) is 9.34. The van der Waals surface area contributed by atoms with Gasteiger partial charge in [0.15, 0.2) is 0 Å². The molecule has 1 heterocycles. The van der Waals surface area contributed by atoms with Crippen LogP contribution in [0.15, 0.2) is 47.4 Å². The molecule has 21 heavy (non-hydrogen) atoms. The van der Waals surface area contributed by atoms with Crippen molar-refractivity contribution in [3.63, 3.8) is 0 Å². The van der Waals surface area contributed by atoms with Crippen LogP contribution in [-0.4, -0.2) is 35.8 Å². The lowest BCUT2D eigenvalue weighted by molar-refractivity contribution is 0.0827. The number of amides is 2. The van der Waals surface area contributed by atoms with Gasteiger partial charge in [-0.05, 0) is 24.3 Å². The molecule has 0 saturated carbocycles. The molecule has 0 spiro atoms. The van der Waals surface area contributed by atoms with Crippen molar-refractivity contribution in [2.45, 2.75) is 0 Å². The van der Waals surface area contributed by atoms with Gasteiger partial charge in [0.2, 0.25) is 5.56 Å². The Hall–Kier alpha value is -2.89.